The molecule has 0 aliphatic rings. The molecule has 0 aromatic carbocycles. The van der Waals surface area contributed by atoms with E-state index in [1.807, 2.05) is 6.92 Å². The maximum atomic E-state index is 11.3. The predicted octanol–water partition coefficient (Wildman–Crippen LogP) is 2.35. The first-order valence-electron chi connectivity index (χ1n) is 5.96. The van der Waals surface area contributed by atoms with Crippen molar-refractivity contribution in [1.29, 1.82) is 0 Å². The third kappa shape index (κ3) is 4.20. The van der Waals surface area contributed by atoms with E-state index in [1.54, 1.807) is 0 Å². The van der Waals surface area contributed by atoms with Crippen molar-refractivity contribution in [3.8, 4) is 5.88 Å². The summed E-state index contributed by atoms with van der Waals surface area (Å²) < 4.78 is 9.78. The van der Waals surface area contributed by atoms with Crippen LogP contribution in [0.3, 0.4) is 0 Å². The fraction of sp³-hybridized carbons (Fsp3) is 0.500. The quantitative estimate of drug-likeness (QED) is 0.326. The zero-order valence-electron chi connectivity index (χ0n) is 10.9. The summed E-state index contributed by atoms with van der Waals surface area (Å²) in [5, 5.41) is 10.8. The van der Waals surface area contributed by atoms with Crippen LogP contribution >= 0.6 is 0 Å². The Kier molecular flexibility index (Phi) is 5.72. The lowest BCUT2D eigenvalue weighted by Gasteiger charge is -2.06. The van der Waals surface area contributed by atoms with Crippen molar-refractivity contribution in [3.63, 3.8) is 0 Å². The summed E-state index contributed by atoms with van der Waals surface area (Å²) in [7, 11) is 1.22. The molecule has 0 amide bonds. The third-order valence-corrected chi connectivity index (χ3v) is 2.42. The van der Waals surface area contributed by atoms with E-state index in [-0.39, 0.29) is 17.3 Å². The number of unbranched alkanes of at least 4 members (excludes halogenated alkanes) is 2. The number of hydrogen-bond acceptors (Lipinski definition) is 6. The average molecular weight is 268 g/mol. The lowest BCUT2D eigenvalue weighted by Crippen LogP contribution is -2.08. The number of carbonyl (C=O) groups is 1. The maximum absolute atomic E-state index is 11.3. The van der Waals surface area contributed by atoms with E-state index in [2.05, 4.69) is 9.72 Å². The number of methoxy groups -OCH3 is 1. The number of carbonyl (C=O) groups excluding carboxylic acids is 1. The van der Waals surface area contributed by atoms with Crippen molar-refractivity contribution in [2.75, 3.05) is 13.7 Å². The van der Waals surface area contributed by atoms with Gasteiger partial charge in [-0.25, -0.2) is 9.78 Å². The molecule has 1 aromatic rings. The van der Waals surface area contributed by atoms with Crippen molar-refractivity contribution >= 4 is 11.7 Å². The Labute approximate surface area is 110 Å². The molecule has 0 N–H and O–H groups in total. The fourth-order valence-corrected chi connectivity index (χ4v) is 1.42. The first-order valence-corrected chi connectivity index (χ1v) is 5.96. The molecular weight excluding hydrogens is 252 g/mol. The van der Waals surface area contributed by atoms with Gasteiger partial charge in [-0.1, -0.05) is 19.8 Å². The second-order valence-electron chi connectivity index (χ2n) is 3.83. The molecule has 0 spiro atoms. The number of aromatic nitrogens is 1. The molecule has 0 bridgehead atoms. The lowest BCUT2D eigenvalue weighted by molar-refractivity contribution is -0.386. The molecule has 104 valence electrons. The highest BCUT2D eigenvalue weighted by molar-refractivity contribution is 5.87. The van der Waals surface area contributed by atoms with E-state index in [4.69, 9.17) is 4.74 Å². The Hall–Kier alpha value is -2.18. The molecule has 7 nitrogen and oxygen atoms in total. The van der Waals surface area contributed by atoms with Crippen LogP contribution in [0.1, 0.15) is 36.7 Å². The van der Waals surface area contributed by atoms with Crippen LogP contribution in [0.25, 0.3) is 0 Å². The van der Waals surface area contributed by atoms with Crippen LogP contribution in [0.2, 0.25) is 0 Å². The SMILES string of the molecule is CCCCCOc1nc(C(=O)OC)ccc1[N+](=O)[O-]. The molecular formula is C12H16N2O5. The third-order valence-electron chi connectivity index (χ3n) is 2.42. The van der Waals surface area contributed by atoms with Crippen LogP contribution in [0, 0.1) is 10.1 Å². The Balaban J connectivity index is 2.89. The zero-order chi connectivity index (χ0) is 14.3. The van der Waals surface area contributed by atoms with Gasteiger partial charge in [0.25, 0.3) is 5.88 Å². The van der Waals surface area contributed by atoms with Gasteiger partial charge in [-0.3, -0.25) is 10.1 Å². The van der Waals surface area contributed by atoms with Crippen LogP contribution in [0.15, 0.2) is 12.1 Å². The first-order chi connectivity index (χ1) is 9.10. The van der Waals surface area contributed by atoms with E-state index in [0.717, 1.165) is 19.3 Å². The largest absolute Gasteiger partial charge is 0.473 e. The van der Waals surface area contributed by atoms with E-state index in [9.17, 15) is 14.9 Å². The van der Waals surface area contributed by atoms with Crippen LogP contribution in [0.4, 0.5) is 5.69 Å². The molecule has 19 heavy (non-hydrogen) atoms. The molecule has 1 rings (SSSR count). The molecule has 1 heterocycles. The number of esters is 1. The Morgan fingerprint density at radius 1 is 1.42 bits per heavy atom. The summed E-state index contributed by atoms with van der Waals surface area (Å²) >= 11 is 0. The van der Waals surface area contributed by atoms with Crippen LogP contribution in [0.5, 0.6) is 5.88 Å². The molecule has 0 unspecified atom stereocenters. The fourth-order valence-electron chi connectivity index (χ4n) is 1.42. The van der Waals surface area contributed by atoms with Gasteiger partial charge in [0, 0.05) is 6.07 Å². The lowest BCUT2D eigenvalue weighted by atomic mass is 10.3. The minimum atomic E-state index is -0.659. The molecule has 7 heteroatoms. The van der Waals surface area contributed by atoms with Gasteiger partial charge in [-0.05, 0) is 12.5 Å². The Morgan fingerprint density at radius 2 is 2.16 bits per heavy atom. The molecule has 0 aliphatic heterocycles. The van der Waals surface area contributed by atoms with Gasteiger partial charge < -0.3 is 9.47 Å². The van der Waals surface area contributed by atoms with Crippen LogP contribution in [-0.2, 0) is 4.74 Å². The van der Waals surface area contributed by atoms with Crippen molar-refractivity contribution in [2.24, 2.45) is 0 Å². The van der Waals surface area contributed by atoms with E-state index >= 15 is 0 Å². The number of pyridine rings is 1. The van der Waals surface area contributed by atoms with Crippen LogP contribution < -0.4 is 4.74 Å². The normalized spacial score (nSPS) is 10.0. The van der Waals surface area contributed by atoms with E-state index < -0.39 is 10.9 Å². The molecule has 0 saturated carbocycles. The number of nitrogens with zero attached hydrogens (tertiary/aromatic N) is 2. The highest BCUT2D eigenvalue weighted by Gasteiger charge is 2.20. The standard InChI is InChI=1S/C12H16N2O5/c1-3-4-5-8-19-11-10(14(16)17)7-6-9(13-11)12(15)18-2/h6-7H,3-5,8H2,1-2H3. The highest BCUT2D eigenvalue weighted by Crippen LogP contribution is 2.25. The predicted molar refractivity (Wildman–Crippen MR) is 67.3 cm³/mol. The molecule has 0 atom stereocenters. The molecule has 0 radical (unpaired) electrons. The second-order valence-corrected chi connectivity index (χ2v) is 3.83. The van der Waals surface area contributed by atoms with Gasteiger partial charge in [0.2, 0.25) is 0 Å². The molecule has 0 saturated heterocycles. The van der Waals surface area contributed by atoms with Crippen molar-refractivity contribution < 1.29 is 19.2 Å². The van der Waals surface area contributed by atoms with Crippen molar-refractivity contribution in [3.05, 3.63) is 27.9 Å². The summed E-state index contributed by atoms with van der Waals surface area (Å²) in [4.78, 5) is 25.4. The van der Waals surface area contributed by atoms with Crippen molar-refractivity contribution in [2.45, 2.75) is 26.2 Å². The van der Waals surface area contributed by atoms with E-state index in [1.165, 1.54) is 19.2 Å². The summed E-state index contributed by atoms with van der Waals surface area (Å²) in [5.41, 5.74) is -0.275. The number of ether oxygens (including phenoxy) is 2. The van der Waals surface area contributed by atoms with Gasteiger partial charge >= 0.3 is 11.7 Å². The molecule has 0 fully saturated rings. The van der Waals surface area contributed by atoms with Gasteiger partial charge in [-0.15, -0.1) is 0 Å². The average Bonchev–Trinajstić information content (AvgIpc) is 2.42. The second kappa shape index (κ2) is 7.30. The zero-order valence-corrected chi connectivity index (χ0v) is 10.9. The number of hydrogen-bond donors (Lipinski definition) is 0. The van der Waals surface area contributed by atoms with Crippen LogP contribution in [-0.4, -0.2) is 29.6 Å². The molecule has 1 aromatic heterocycles. The smallest absolute Gasteiger partial charge is 0.356 e. The monoisotopic (exact) mass is 268 g/mol. The Morgan fingerprint density at radius 3 is 2.74 bits per heavy atom. The molecule has 0 aliphatic carbocycles. The summed E-state index contributed by atoms with van der Waals surface area (Å²) in [6.07, 6.45) is 2.75. The summed E-state index contributed by atoms with van der Waals surface area (Å²) in [6.45, 7) is 2.37. The van der Waals surface area contributed by atoms with Gasteiger partial charge in [0.1, 0.15) is 0 Å². The van der Waals surface area contributed by atoms with Gasteiger partial charge in [-0.2, -0.15) is 0 Å². The minimum absolute atomic E-state index is 0.0152. The number of rotatable bonds is 7. The van der Waals surface area contributed by atoms with Gasteiger partial charge in [0.15, 0.2) is 5.69 Å². The topological polar surface area (TPSA) is 91.6 Å². The maximum Gasteiger partial charge on any atom is 0.356 e. The Bertz CT molecular complexity index is 461. The summed E-state index contributed by atoms with van der Waals surface area (Å²) in [6, 6.07) is 2.43. The minimum Gasteiger partial charge on any atom is -0.473 e. The first kappa shape index (κ1) is 14.9. The summed E-state index contributed by atoms with van der Waals surface area (Å²) in [5.74, 6) is -0.808. The van der Waals surface area contributed by atoms with Gasteiger partial charge in [0.05, 0.1) is 18.6 Å². The van der Waals surface area contributed by atoms with Crippen molar-refractivity contribution in [1.82, 2.24) is 4.98 Å². The van der Waals surface area contributed by atoms with E-state index in [0.29, 0.717) is 6.61 Å². The number of nitro groups is 1. The highest BCUT2D eigenvalue weighted by atomic mass is 16.6.